The van der Waals surface area contributed by atoms with E-state index in [0.717, 1.165) is 21.6 Å². The van der Waals surface area contributed by atoms with Crippen LogP contribution >= 0.6 is 27.5 Å². The van der Waals surface area contributed by atoms with Crippen LogP contribution in [0.5, 0.6) is 0 Å². The van der Waals surface area contributed by atoms with Crippen molar-refractivity contribution in [1.29, 1.82) is 0 Å². The Morgan fingerprint density at radius 2 is 2.11 bits per heavy atom. The van der Waals surface area contributed by atoms with Crippen LogP contribution < -0.4 is 5.73 Å². The van der Waals surface area contributed by atoms with Gasteiger partial charge in [-0.1, -0.05) is 47.4 Å². The molecule has 0 aliphatic heterocycles. The molecule has 4 heteroatoms. The van der Waals surface area contributed by atoms with Gasteiger partial charge in [-0.2, -0.15) is 0 Å². The molecule has 1 saturated carbocycles. The summed E-state index contributed by atoms with van der Waals surface area (Å²) in [5, 5.41) is 0.805. The number of nitrogens with two attached hydrogens (primary N) is 1. The Morgan fingerprint density at radius 1 is 1.42 bits per heavy atom. The van der Waals surface area contributed by atoms with Gasteiger partial charge in [0.2, 0.25) is 0 Å². The molecule has 2 rings (SSSR count). The summed E-state index contributed by atoms with van der Waals surface area (Å²) >= 11 is 9.85. The first kappa shape index (κ1) is 15.3. The average Bonchev–Trinajstić information content (AvgIpc) is 3.14. The summed E-state index contributed by atoms with van der Waals surface area (Å²) in [5.41, 5.74) is 7.19. The lowest BCUT2D eigenvalue weighted by molar-refractivity contribution is 0.169. The molecule has 1 aliphatic carbocycles. The summed E-state index contributed by atoms with van der Waals surface area (Å²) in [5.74, 6) is 0.642. The molecule has 0 radical (unpaired) electrons. The van der Waals surface area contributed by atoms with Crippen molar-refractivity contribution in [3.8, 4) is 0 Å². The third kappa shape index (κ3) is 3.94. The minimum Gasteiger partial charge on any atom is -0.329 e. The van der Waals surface area contributed by atoms with Gasteiger partial charge in [0, 0.05) is 34.7 Å². The SMILES string of the molecule is CC(C)CN(C1CC1)C(CN)c1ccc(Br)cc1Cl. The molecule has 0 aromatic heterocycles. The van der Waals surface area contributed by atoms with Gasteiger partial charge in [-0.05, 0) is 36.5 Å². The molecular weight excluding hydrogens is 324 g/mol. The van der Waals surface area contributed by atoms with Crippen LogP contribution in [0, 0.1) is 5.92 Å². The van der Waals surface area contributed by atoms with Crippen LogP contribution in [0.15, 0.2) is 22.7 Å². The van der Waals surface area contributed by atoms with Gasteiger partial charge in [0.15, 0.2) is 0 Å². The first-order chi connectivity index (χ1) is 9.02. The van der Waals surface area contributed by atoms with Crippen molar-refractivity contribution < 1.29 is 0 Å². The highest BCUT2D eigenvalue weighted by atomic mass is 79.9. The fourth-order valence-electron chi connectivity index (χ4n) is 2.57. The Labute approximate surface area is 129 Å². The normalized spacial score (nSPS) is 17.2. The number of hydrogen-bond donors (Lipinski definition) is 1. The Bertz CT molecular complexity index is 432. The van der Waals surface area contributed by atoms with E-state index in [0.29, 0.717) is 18.5 Å². The second-order valence-electron chi connectivity index (χ2n) is 5.74. The number of hydrogen-bond acceptors (Lipinski definition) is 2. The maximum absolute atomic E-state index is 6.40. The minimum atomic E-state index is 0.232. The van der Waals surface area contributed by atoms with Crippen molar-refractivity contribution in [3.05, 3.63) is 33.3 Å². The van der Waals surface area contributed by atoms with E-state index < -0.39 is 0 Å². The molecule has 0 saturated heterocycles. The fourth-order valence-corrected chi connectivity index (χ4v) is 3.37. The zero-order chi connectivity index (χ0) is 14.0. The molecule has 0 heterocycles. The van der Waals surface area contributed by atoms with E-state index in [2.05, 4.69) is 40.7 Å². The van der Waals surface area contributed by atoms with Crippen LogP contribution in [0.1, 0.15) is 38.3 Å². The van der Waals surface area contributed by atoms with Gasteiger partial charge >= 0.3 is 0 Å². The summed E-state index contributed by atoms with van der Waals surface area (Å²) in [6.07, 6.45) is 2.58. The van der Waals surface area contributed by atoms with E-state index in [9.17, 15) is 0 Å². The molecule has 1 aromatic carbocycles. The molecule has 1 fully saturated rings. The largest absolute Gasteiger partial charge is 0.329 e. The third-order valence-electron chi connectivity index (χ3n) is 3.54. The predicted octanol–water partition coefficient (Wildman–Crippen LogP) is 4.22. The molecule has 106 valence electrons. The Kier molecular flexibility index (Phi) is 5.29. The zero-order valence-corrected chi connectivity index (χ0v) is 13.9. The first-order valence-electron chi connectivity index (χ1n) is 6.93. The standard InChI is InChI=1S/C15H22BrClN2/c1-10(2)9-19(12-4-5-12)15(8-18)13-6-3-11(16)7-14(13)17/h3,6-7,10,12,15H,4-5,8-9,18H2,1-2H3. The Balaban J connectivity index is 2.25. The molecule has 1 atom stereocenters. The molecular formula is C15H22BrClN2. The molecule has 0 amide bonds. The van der Waals surface area contributed by atoms with Crippen molar-refractivity contribution in [2.75, 3.05) is 13.1 Å². The van der Waals surface area contributed by atoms with Crippen LogP contribution in [-0.2, 0) is 0 Å². The van der Waals surface area contributed by atoms with E-state index in [4.69, 9.17) is 17.3 Å². The van der Waals surface area contributed by atoms with Gasteiger partial charge in [-0.15, -0.1) is 0 Å². The van der Waals surface area contributed by atoms with Crippen LogP contribution in [0.25, 0.3) is 0 Å². The molecule has 1 unspecified atom stereocenters. The summed E-state index contributed by atoms with van der Waals surface area (Å²) in [6, 6.07) is 7.02. The Morgan fingerprint density at radius 3 is 2.58 bits per heavy atom. The highest BCUT2D eigenvalue weighted by molar-refractivity contribution is 9.10. The number of nitrogens with zero attached hydrogens (tertiary/aromatic N) is 1. The van der Waals surface area contributed by atoms with E-state index >= 15 is 0 Å². The summed E-state index contributed by atoms with van der Waals surface area (Å²) in [7, 11) is 0. The predicted molar refractivity (Wildman–Crippen MR) is 85.5 cm³/mol. The topological polar surface area (TPSA) is 29.3 Å². The fraction of sp³-hybridized carbons (Fsp3) is 0.600. The van der Waals surface area contributed by atoms with Crippen LogP contribution in [0.2, 0.25) is 5.02 Å². The van der Waals surface area contributed by atoms with Gasteiger partial charge in [0.25, 0.3) is 0 Å². The summed E-state index contributed by atoms with van der Waals surface area (Å²) in [6.45, 7) is 6.21. The molecule has 1 aromatic rings. The van der Waals surface area contributed by atoms with Gasteiger partial charge in [0.05, 0.1) is 0 Å². The second-order valence-corrected chi connectivity index (χ2v) is 7.06. The smallest absolute Gasteiger partial charge is 0.0488 e. The first-order valence-corrected chi connectivity index (χ1v) is 8.10. The Hall–Kier alpha value is -0.0900. The summed E-state index contributed by atoms with van der Waals surface area (Å²) < 4.78 is 1.01. The van der Waals surface area contributed by atoms with Crippen molar-refractivity contribution >= 4 is 27.5 Å². The van der Waals surface area contributed by atoms with Gasteiger partial charge in [-0.3, -0.25) is 4.90 Å². The molecule has 1 aliphatic rings. The van der Waals surface area contributed by atoms with E-state index in [1.54, 1.807) is 0 Å². The number of rotatable bonds is 6. The number of halogens is 2. The third-order valence-corrected chi connectivity index (χ3v) is 4.36. The maximum Gasteiger partial charge on any atom is 0.0488 e. The van der Waals surface area contributed by atoms with Gasteiger partial charge < -0.3 is 5.73 Å². The average molecular weight is 346 g/mol. The summed E-state index contributed by atoms with van der Waals surface area (Å²) in [4.78, 5) is 2.54. The van der Waals surface area contributed by atoms with Crippen LogP contribution in [0.4, 0.5) is 0 Å². The highest BCUT2D eigenvalue weighted by Crippen LogP contribution is 2.37. The van der Waals surface area contributed by atoms with Crippen LogP contribution in [-0.4, -0.2) is 24.0 Å². The van der Waals surface area contributed by atoms with Crippen molar-refractivity contribution in [1.82, 2.24) is 4.90 Å². The highest BCUT2D eigenvalue weighted by Gasteiger charge is 2.34. The van der Waals surface area contributed by atoms with E-state index in [1.165, 1.54) is 12.8 Å². The van der Waals surface area contributed by atoms with Gasteiger partial charge in [-0.25, -0.2) is 0 Å². The lowest BCUT2D eigenvalue weighted by atomic mass is 10.0. The van der Waals surface area contributed by atoms with E-state index in [-0.39, 0.29) is 6.04 Å². The lowest BCUT2D eigenvalue weighted by Gasteiger charge is -2.33. The van der Waals surface area contributed by atoms with Crippen molar-refractivity contribution in [2.45, 2.75) is 38.8 Å². The molecule has 19 heavy (non-hydrogen) atoms. The van der Waals surface area contributed by atoms with E-state index in [1.807, 2.05) is 12.1 Å². The van der Waals surface area contributed by atoms with Gasteiger partial charge in [0.1, 0.15) is 0 Å². The second kappa shape index (κ2) is 6.57. The quantitative estimate of drug-likeness (QED) is 0.836. The maximum atomic E-state index is 6.40. The molecule has 2 nitrogen and oxygen atoms in total. The minimum absolute atomic E-state index is 0.232. The van der Waals surface area contributed by atoms with Crippen molar-refractivity contribution in [3.63, 3.8) is 0 Å². The van der Waals surface area contributed by atoms with Crippen molar-refractivity contribution in [2.24, 2.45) is 11.7 Å². The molecule has 0 bridgehead atoms. The zero-order valence-electron chi connectivity index (χ0n) is 11.6. The lowest BCUT2D eigenvalue weighted by Crippen LogP contribution is -2.38. The molecule has 2 N–H and O–H groups in total. The number of benzene rings is 1. The molecule has 0 spiro atoms. The van der Waals surface area contributed by atoms with Crippen LogP contribution in [0.3, 0.4) is 0 Å². The monoisotopic (exact) mass is 344 g/mol.